The molecule has 0 spiro atoms. The predicted octanol–water partition coefficient (Wildman–Crippen LogP) is 2.29. The van der Waals surface area contributed by atoms with Gasteiger partial charge in [0.25, 0.3) is 0 Å². The summed E-state index contributed by atoms with van der Waals surface area (Å²) >= 11 is 0. The lowest BCUT2D eigenvalue weighted by molar-refractivity contribution is -0.160. The van der Waals surface area contributed by atoms with Crippen molar-refractivity contribution in [2.45, 2.75) is 66.0 Å². The fraction of sp³-hybridized carbons (Fsp3) is 0.867. The SMILES string of the molecule is CCOCCCC(=O)N[C@@H](C(=O)OC(C)(C)C)C(C)C. The van der Waals surface area contributed by atoms with Gasteiger partial charge in [0.2, 0.25) is 5.91 Å². The maximum absolute atomic E-state index is 12.1. The van der Waals surface area contributed by atoms with Crippen molar-refractivity contribution in [1.29, 1.82) is 0 Å². The first-order valence-electron chi connectivity index (χ1n) is 7.27. The molecule has 0 rings (SSSR count). The lowest BCUT2D eigenvalue weighted by Gasteiger charge is -2.26. The third kappa shape index (κ3) is 8.91. The topological polar surface area (TPSA) is 64.6 Å². The highest BCUT2D eigenvalue weighted by Crippen LogP contribution is 2.12. The smallest absolute Gasteiger partial charge is 0.329 e. The van der Waals surface area contributed by atoms with Crippen LogP contribution < -0.4 is 5.32 Å². The summed E-state index contributed by atoms with van der Waals surface area (Å²) in [4.78, 5) is 23.9. The number of carbonyl (C=O) groups is 2. The molecular weight excluding hydrogens is 258 g/mol. The largest absolute Gasteiger partial charge is 0.458 e. The van der Waals surface area contributed by atoms with Crippen molar-refractivity contribution in [3.8, 4) is 0 Å². The molecule has 0 saturated heterocycles. The van der Waals surface area contributed by atoms with E-state index in [0.717, 1.165) is 0 Å². The van der Waals surface area contributed by atoms with Crippen molar-refractivity contribution in [3.63, 3.8) is 0 Å². The monoisotopic (exact) mass is 287 g/mol. The lowest BCUT2D eigenvalue weighted by atomic mass is 10.0. The van der Waals surface area contributed by atoms with Crippen molar-refractivity contribution in [3.05, 3.63) is 0 Å². The van der Waals surface area contributed by atoms with Crippen LogP contribution in [-0.2, 0) is 19.1 Å². The van der Waals surface area contributed by atoms with Crippen LogP contribution >= 0.6 is 0 Å². The Kier molecular flexibility index (Phi) is 8.46. The average molecular weight is 287 g/mol. The van der Waals surface area contributed by atoms with Gasteiger partial charge in [-0.25, -0.2) is 4.79 Å². The van der Waals surface area contributed by atoms with Crippen LogP contribution in [-0.4, -0.2) is 36.7 Å². The minimum Gasteiger partial charge on any atom is -0.458 e. The summed E-state index contributed by atoms with van der Waals surface area (Å²) in [7, 11) is 0. The normalized spacial score (nSPS) is 13.2. The van der Waals surface area contributed by atoms with Crippen molar-refractivity contribution in [1.82, 2.24) is 5.32 Å². The molecule has 1 N–H and O–H groups in total. The Morgan fingerprint density at radius 2 is 1.80 bits per heavy atom. The highest BCUT2D eigenvalue weighted by molar-refractivity contribution is 5.84. The van der Waals surface area contributed by atoms with Crippen LogP contribution in [0.1, 0.15) is 54.4 Å². The van der Waals surface area contributed by atoms with Gasteiger partial charge in [0.05, 0.1) is 0 Å². The van der Waals surface area contributed by atoms with Crippen molar-refractivity contribution < 1.29 is 19.1 Å². The van der Waals surface area contributed by atoms with E-state index in [4.69, 9.17) is 9.47 Å². The standard InChI is InChI=1S/C15H29NO4/c1-7-19-10-8-9-12(17)16-13(11(2)3)14(18)20-15(4,5)6/h11,13H,7-10H2,1-6H3,(H,16,17)/t13-/m1/s1. The summed E-state index contributed by atoms with van der Waals surface area (Å²) in [6, 6.07) is -0.603. The van der Waals surface area contributed by atoms with E-state index in [0.29, 0.717) is 26.1 Å². The molecule has 20 heavy (non-hydrogen) atoms. The average Bonchev–Trinajstić information content (AvgIpc) is 2.29. The van der Waals surface area contributed by atoms with Crippen LogP contribution in [0.5, 0.6) is 0 Å². The van der Waals surface area contributed by atoms with Crippen LogP contribution in [0.15, 0.2) is 0 Å². The molecule has 1 atom stereocenters. The van der Waals surface area contributed by atoms with Gasteiger partial charge in [0.15, 0.2) is 0 Å². The zero-order valence-electron chi connectivity index (χ0n) is 13.6. The highest BCUT2D eigenvalue weighted by atomic mass is 16.6. The number of hydrogen-bond donors (Lipinski definition) is 1. The molecule has 0 saturated carbocycles. The Bertz CT molecular complexity index is 307. The van der Waals surface area contributed by atoms with Crippen molar-refractivity contribution in [2.75, 3.05) is 13.2 Å². The third-order valence-electron chi connectivity index (χ3n) is 2.54. The highest BCUT2D eigenvalue weighted by Gasteiger charge is 2.28. The van der Waals surface area contributed by atoms with E-state index in [1.807, 2.05) is 41.5 Å². The quantitative estimate of drug-likeness (QED) is 0.549. The number of rotatable bonds is 8. The van der Waals surface area contributed by atoms with Gasteiger partial charge in [-0.3, -0.25) is 4.79 Å². The summed E-state index contributed by atoms with van der Waals surface area (Å²) in [6.07, 6.45) is 1.00. The van der Waals surface area contributed by atoms with E-state index in [1.165, 1.54) is 0 Å². The summed E-state index contributed by atoms with van der Waals surface area (Å²) in [5.41, 5.74) is -0.552. The molecular formula is C15H29NO4. The molecule has 1 amide bonds. The zero-order chi connectivity index (χ0) is 15.8. The van der Waals surface area contributed by atoms with Gasteiger partial charge in [0.1, 0.15) is 11.6 Å². The number of esters is 1. The van der Waals surface area contributed by atoms with E-state index >= 15 is 0 Å². The Morgan fingerprint density at radius 3 is 2.25 bits per heavy atom. The Labute approximate surface area is 122 Å². The van der Waals surface area contributed by atoms with E-state index < -0.39 is 11.6 Å². The fourth-order valence-corrected chi connectivity index (χ4v) is 1.59. The van der Waals surface area contributed by atoms with Gasteiger partial charge in [0, 0.05) is 19.6 Å². The molecule has 0 aliphatic rings. The van der Waals surface area contributed by atoms with E-state index in [1.54, 1.807) is 0 Å². The molecule has 5 nitrogen and oxygen atoms in total. The Hall–Kier alpha value is -1.10. The number of ether oxygens (including phenoxy) is 2. The van der Waals surface area contributed by atoms with Gasteiger partial charge < -0.3 is 14.8 Å². The van der Waals surface area contributed by atoms with Gasteiger partial charge in [-0.1, -0.05) is 13.8 Å². The van der Waals surface area contributed by atoms with E-state index in [2.05, 4.69) is 5.32 Å². The van der Waals surface area contributed by atoms with Gasteiger partial charge in [-0.05, 0) is 40.0 Å². The summed E-state index contributed by atoms with van der Waals surface area (Å²) in [5.74, 6) is -0.541. The molecule has 0 unspecified atom stereocenters. The summed E-state index contributed by atoms with van der Waals surface area (Å²) in [5, 5.41) is 2.75. The van der Waals surface area contributed by atoms with Crippen molar-refractivity contribution in [2.24, 2.45) is 5.92 Å². The number of nitrogens with one attached hydrogen (secondary N) is 1. The molecule has 0 aliphatic carbocycles. The minimum atomic E-state index is -0.603. The molecule has 5 heteroatoms. The second-order valence-corrected chi connectivity index (χ2v) is 6.12. The van der Waals surface area contributed by atoms with Gasteiger partial charge in [-0.2, -0.15) is 0 Å². The third-order valence-corrected chi connectivity index (χ3v) is 2.54. The molecule has 0 bridgehead atoms. The zero-order valence-corrected chi connectivity index (χ0v) is 13.6. The molecule has 0 radical (unpaired) electrons. The van der Waals surface area contributed by atoms with Gasteiger partial charge in [-0.15, -0.1) is 0 Å². The molecule has 0 aliphatic heterocycles. The van der Waals surface area contributed by atoms with E-state index in [9.17, 15) is 9.59 Å². The first-order valence-corrected chi connectivity index (χ1v) is 7.27. The summed E-state index contributed by atoms with van der Waals surface area (Å²) in [6.45, 7) is 12.3. The van der Waals surface area contributed by atoms with Crippen LogP contribution in [0.2, 0.25) is 0 Å². The van der Waals surface area contributed by atoms with Gasteiger partial charge >= 0.3 is 5.97 Å². The molecule has 0 heterocycles. The molecule has 0 aromatic rings. The Morgan fingerprint density at radius 1 is 1.20 bits per heavy atom. The predicted molar refractivity (Wildman–Crippen MR) is 78.3 cm³/mol. The maximum Gasteiger partial charge on any atom is 0.329 e. The maximum atomic E-state index is 12.1. The first-order chi connectivity index (χ1) is 9.17. The first kappa shape index (κ1) is 18.9. The van der Waals surface area contributed by atoms with Crippen LogP contribution in [0, 0.1) is 5.92 Å². The number of amides is 1. The van der Waals surface area contributed by atoms with Crippen molar-refractivity contribution >= 4 is 11.9 Å². The molecule has 0 fully saturated rings. The fourth-order valence-electron chi connectivity index (χ4n) is 1.59. The Balaban J connectivity index is 4.33. The minimum absolute atomic E-state index is 0.0132. The molecule has 0 aromatic carbocycles. The lowest BCUT2D eigenvalue weighted by Crippen LogP contribution is -2.47. The van der Waals surface area contributed by atoms with Crippen LogP contribution in [0.3, 0.4) is 0 Å². The van der Waals surface area contributed by atoms with Crippen LogP contribution in [0.25, 0.3) is 0 Å². The second-order valence-electron chi connectivity index (χ2n) is 6.12. The summed E-state index contributed by atoms with van der Waals surface area (Å²) < 4.78 is 10.5. The second kappa shape index (κ2) is 8.95. The number of hydrogen-bond acceptors (Lipinski definition) is 4. The number of carbonyl (C=O) groups excluding carboxylic acids is 2. The van der Waals surface area contributed by atoms with Crippen LogP contribution in [0.4, 0.5) is 0 Å². The molecule has 118 valence electrons. The van der Waals surface area contributed by atoms with E-state index in [-0.39, 0.29) is 17.8 Å². The molecule has 0 aromatic heterocycles.